The molecule has 1 amide bonds. The Morgan fingerprint density at radius 3 is 2.76 bits per heavy atom. The molecule has 110 valence electrons. The fourth-order valence-corrected chi connectivity index (χ4v) is 2.61. The number of aryl methyl sites for hydroxylation is 1. The van der Waals surface area contributed by atoms with Crippen LogP contribution in [0.4, 0.5) is 5.82 Å². The number of nitrogens with one attached hydrogen (secondary N) is 1. The zero-order valence-corrected chi connectivity index (χ0v) is 13.2. The Bertz CT molecular complexity index is 688. The zero-order valence-electron chi connectivity index (χ0n) is 10.9. The first-order valence-electron chi connectivity index (χ1n) is 5.80. The van der Waals surface area contributed by atoms with Crippen LogP contribution >= 0.6 is 34.5 Å². The Morgan fingerprint density at radius 2 is 2.14 bits per heavy atom. The molecule has 2 rings (SSSR count). The summed E-state index contributed by atoms with van der Waals surface area (Å²) in [4.78, 5) is 28.7. The molecule has 2 aromatic rings. The molecule has 2 aromatic heterocycles. The van der Waals surface area contributed by atoms with Gasteiger partial charge in [-0.3, -0.25) is 4.79 Å². The maximum Gasteiger partial charge on any atom is 0.348 e. The minimum atomic E-state index is -0.543. The molecule has 0 saturated carbocycles. The van der Waals surface area contributed by atoms with E-state index < -0.39 is 18.5 Å². The second-order valence-corrected chi connectivity index (χ2v) is 6.15. The highest BCUT2D eigenvalue weighted by Crippen LogP contribution is 2.22. The van der Waals surface area contributed by atoms with Crippen LogP contribution in [-0.4, -0.2) is 23.5 Å². The Labute approximate surface area is 134 Å². The zero-order chi connectivity index (χ0) is 15.4. The molecule has 1 N–H and O–H groups in total. The van der Waals surface area contributed by atoms with E-state index in [1.54, 1.807) is 12.1 Å². The van der Waals surface area contributed by atoms with Gasteiger partial charge in [-0.15, -0.1) is 11.3 Å². The maximum atomic E-state index is 11.7. The summed E-state index contributed by atoms with van der Waals surface area (Å²) < 4.78 is 4.90. The van der Waals surface area contributed by atoms with Crippen molar-refractivity contribution >= 4 is 52.2 Å². The van der Waals surface area contributed by atoms with Gasteiger partial charge in [0.15, 0.2) is 12.4 Å². The van der Waals surface area contributed by atoms with E-state index in [0.29, 0.717) is 9.90 Å². The number of pyridine rings is 1. The number of ether oxygens (including phenoxy) is 1. The van der Waals surface area contributed by atoms with Crippen LogP contribution in [0.25, 0.3) is 0 Å². The predicted octanol–water partition coefficient (Wildman–Crippen LogP) is 3.55. The van der Waals surface area contributed by atoms with Gasteiger partial charge in [0.25, 0.3) is 5.91 Å². The van der Waals surface area contributed by atoms with Crippen molar-refractivity contribution in [2.75, 3.05) is 11.9 Å². The highest BCUT2D eigenvalue weighted by Gasteiger charge is 2.13. The van der Waals surface area contributed by atoms with Crippen LogP contribution in [0.1, 0.15) is 14.5 Å². The number of hydrogen-bond donors (Lipinski definition) is 1. The second-order valence-electron chi connectivity index (χ2n) is 4.02. The number of nitrogens with zero attached hydrogens (tertiary/aromatic N) is 1. The number of esters is 1. The smallest absolute Gasteiger partial charge is 0.348 e. The molecule has 0 radical (unpaired) electrons. The van der Waals surface area contributed by atoms with Crippen molar-refractivity contribution < 1.29 is 14.3 Å². The molecule has 8 heteroatoms. The Morgan fingerprint density at radius 1 is 1.38 bits per heavy atom. The van der Waals surface area contributed by atoms with Crippen LogP contribution < -0.4 is 5.32 Å². The monoisotopic (exact) mass is 344 g/mol. The van der Waals surface area contributed by atoms with Gasteiger partial charge >= 0.3 is 5.97 Å². The summed E-state index contributed by atoms with van der Waals surface area (Å²) in [7, 11) is 0. The van der Waals surface area contributed by atoms with Crippen LogP contribution in [0, 0.1) is 6.92 Å². The number of hydrogen-bond acceptors (Lipinski definition) is 5. The standard InChI is InChI=1S/C13H10Cl2N2O3S/c1-7-2-3-10(21-7)13(19)20-6-11(18)17-12-9(15)4-8(14)5-16-12/h2-5H,6H2,1H3,(H,16,17,18). The number of halogens is 2. The van der Waals surface area contributed by atoms with E-state index in [9.17, 15) is 9.59 Å². The van der Waals surface area contributed by atoms with Crippen molar-refractivity contribution in [2.45, 2.75) is 6.92 Å². The van der Waals surface area contributed by atoms with Crippen molar-refractivity contribution in [2.24, 2.45) is 0 Å². The van der Waals surface area contributed by atoms with Crippen LogP contribution in [0.2, 0.25) is 10.0 Å². The summed E-state index contributed by atoms with van der Waals surface area (Å²) in [6, 6.07) is 4.91. The lowest BCUT2D eigenvalue weighted by atomic mass is 10.4. The third-order valence-electron chi connectivity index (χ3n) is 2.34. The quantitative estimate of drug-likeness (QED) is 0.861. The molecular weight excluding hydrogens is 335 g/mol. The first-order valence-corrected chi connectivity index (χ1v) is 7.37. The summed E-state index contributed by atoms with van der Waals surface area (Å²) in [5.74, 6) is -0.916. The number of carbonyl (C=O) groups is 2. The molecule has 0 fully saturated rings. The van der Waals surface area contributed by atoms with E-state index in [0.717, 1.165) is 4.88 Å². The van der Waals surface area contributed by atoms with Gasteiger partial charge in [-0.25, -0.2) is 9.78 Å². The predicted molar refractivity (Wildman–Crippen MR) is 82.2 cm³/mol. The van der Waals surface area contributed by atoms with Crippen molar-refractivity contribution in [1.29, 1.82) is 0 Å². The number of thiophene rings is 1. The lowest BCUT2D eigenvalue weighted by Crippen LogP contribution is -2.21. The second kappa shape index (κ2) is 6.89. The van der Waals surface area contributed by atoms with Gasteiger partial charge in [-0.05, 0) is 25.1 Å². The minimum Gasteiger partial charge on any atom is -0.451 e. The Kier molecular flexibility index (Phi) is 5.17. The summed E-state index contributed by atoms with van der Waals surface area (Å²) in [6.45, 7) is 1.46. The fraction of sp³-hybridized carbons (Fsp3) is 0.154. The van der Waals surface area contributed by atoms with E-state index >= 15 is 0 Å². The number of aromatic nitrogens is 1. The average molecular weight is 345 g/mol. The highest BCUT2D eigenvalue weighted by molar-refractivity contribution is 7.13. The molecule has 0 bridgehead atoms. The van der Waals surface area contributed by atoms with Crippen LogP contribution in [0.3, 0.4) is 0 Å². The van der Waals surface area contributed by atoms with Crippen molar-refractivity contribution in [1.82, 2.24) is 4.98 Å². The van der Waals surface area contributed by atoms with E-state index in [2.05, 4.69) is 10.3 Å². The van der Waals surface area contributed by atoms with E-state index in [1.165, 1.54) is 23.6 Å². The van der Waals surface area contributed by atoms with E-state index in [1.807, 2.05) is 6.92 Å². The van der Waals surface area contributed by atoms with Crippen LogP contribution in [0.5, 0.6) is 0 Å². The molecule has 0 aliphatic heterocycles. The van der Waals surface area contributed by atoms with Gasteiger partial charge in [0.1, 0.15) is 4.88 Å². The van der Waals surface area contributed by atoms with E-state index in [-0.39, 0.29) is 10.8 Å². The number of anilines is 1. The topological polar surface area (TPSA) is 68.3 Å². The Balaban J connectivity index is 1.89. The largest absolute Gasteiger partial charge is 0.451 e. The van der Waals surface area contributed by atoms with Gasteiger partial charge in [0.05, 0.1) is 10.0 Å². The van der Waals surface area contributed by atoms with Gasteiger partial charge in [0.2, 0.25) is 0 Å². The Hall–Kier alpha value is -1.63. The number of rotatable bonds is 4. The average Bonchev–Trinajstić information content (AvgIpc) is 2.86. The maximum absolute atomic E-state index is 11.7. The lowest BCUT2D eigenvalue weighted by molar-refractivity contribution is -0.119. The molecular formula is C13H10Cl2N2O3S. The summed E-state index contributed by atoms with van der Waals surface area (Å²) >= 11 is 12.9. The first-order chi connectivity index (χ1) is 9.95. The SMILES string of the molecule is Cc1ccc(C(=O)OCC(=O)Nc2ncc(Cl)cc2Cl)s1. The molecule has 21 heavy (non-hydrogen) atoms. The highest BCUT2D eigenvalue weighted by atomic mass is 35.5. The van der Waals surface area contributed by atoms with Crippen LogP contribution in [-0.2, 0) is 9.53 Å². The fourth-order valence-electron chi connectivity index (χ4n) is 1.42. The molecule has 0 aliphatic carbocycles. The normalized spacial score (nSPS) is 10.2. The van der Waals surface area contributed by atoms with Gasteiger partial charge in [0, 0.05) is 11.1 Å². The summed E-state index contributed by atoms with van der Waals surface area (Å²) in [5.41, 5.74) is 0. The lowest BCUT2D eigenvalue weighted by Gasteiger charge is -2.06. The van der Waals surface area contributed by atoms with Crippen molar-refractivity contribution in [3.8, 4) is 0 Å². The number of amides is 1. The molecule has 0 saturated heterocycles. The third-order valence-corrected chi connectivity index (χ3v) is 3.82. The molecule has 0 atom stereocenters. The number of carbonyl (C=O) groups excluding carboxylic acids is 2. The molecule has 0 aliphatic rings. The first kappa shape index (κ1) is 15.8. The van der Waals surface area contributed by atoms with Crippen molar-refractivity contribution in [3.63, 3.8) is 0 Å². The molecule has 2 heterocycles. The van der Waals surface area contributed by atoms with E-state index in [4.69, 9.17) is 27.9 Å². The van der Waals surface area contributed by atoms with Gasteiger partial charge in [-0.1, -0.05) is 23.2 Å². The molecule has 5 nitrogen and oxygen atoms in total. The van der Waals surface area contributed by atoms with Gasteiger partial charge in [-0.2, -0.15) is 0 Å². The summed E-state index contributed by atoms with van der Waals surface area (Å²) in [6.07, 6.45) is 1.35. The molecule has 0 spiro atoms. The summed E-state index contributed by atoms with van der Waals surface area (Å²) in [5, 5.41) is 3.00. The van der Waals surface area contributed by atoms with Crippen LogP contribution in [0.15, 0.2) is 24.4 Å². The minimum absolute atomic E-state index is 0.161. The van der Waals surface area contributed by atoms with Crippen molar-refractivity contribution in [3.05, 3.63) is 44.2 Å². The third kappa shape index (κ3) is 4.42. The van der Waals surface area contributed by atoms with Gasteiger partial charge < -0.3 is 10.1 Å². The molecule has 0 aromatic carbocycles. The molecule has 0 unspecified atom stereocenters.